The van der Waals surface area contributed by atoms with Crippen molar-refractivity contribution in [3.05, 3.63) is 58.3 Å². The fourth-order valence-electron chi connectivity index (χ4n) is 1.60. The zero-order valence-corrected chi connectivity index (χ0v) is 12.1. The van der Waals surface area contributed by atoms with E-state index in [4.69, 9.17) is 4.74 Å². The molecule has 2 amide bonds. The minimum atomic E-state index is -0.440. The average molecular weight is 302 g/mol. The molecule has 1 heterocycles. The van der Waals surface area contributed by atoms with Crippen molar-refractivity contribution in [1.82, 2.24) is 10.9 Å². The summed E-state index contributed by atoms with van der Waals surface area (Å²) < 4.78 is 5.08. The molecule has 0 atom stereocenters. The lowest BCUT2D eigenvalue weighted by atomic mass is 10.2. The van der Waals surface area contributed by atoms with Crippen molar-refractivity contribution in [1.29, 1.82) is 0 Å². The molecule has 0 aliphatic rings. The highest BCUT2D eigenvalue weighted by Crippen LogP contribution is 2.16. The first-order valence-corrected chi connectivity index (χ1v) is 7.03. The van der Waals surface area contributed by atoms with E-state index in [0.29, 0.717) is 11.3 Å². The maximum atomic E-state index is 11.9. The van der Waals surface area contributed by atoms with Crippen LogP contribution in [0, 0.1) is 0 Å². The summed E-state index contributed by atoms with van der Waals surface area (Å²) in [7, 11) is 1.48. The number of nitrogens with one attached hydrogen (secondary N) is 2. The molecule has 2 aromatic rings. The zero-order chi connectivity index (χ0) is 15.1. The lowest BCUT2D eigenvalue weighted by molar-refractivity contribution is -0.117. The van der Waals surface area contributed by atoms with E-state index in [9.17, 15) is 9.59 Å². The Morgan fingerprint density at radius 3 is 2.67 bits per heavy atom. The molecule has 108 valence electrons. The van der Waals surface area contributed by atoms with Crippen LogP contribution < -0.4 is 15.6 Å². The second-order valence-electron chi connectivity index (χ2n) is 3.99. The quantitative estimate of drug-likeness (QED) is 0.672. The first kappa shape index (κ1) is 14.8. The van der Waals surface area contributed by atoms with Crippen molar-refractivity contribution in [3.63, 3.8) is 0 Å². The Kier molecular flexibility index (Phi) is 5.11. The van der Waals surface area contributed by atoms with Crippen LogP contribution in [0.2, 0.25) is 0 Å². The Morgan fingerprint density at radius 2 is 1.95 bits per heavy atom. The van der Waals surface area contributed by atoms with Gasteiger partial charge in [-0.05, 0) is 29.7 Å². The first-order chi connectivity index (χ1) is 10.2. The molecule has 0 aliphatic carbocycles. The third-order valence-corrected chi connectivity index (χ3v) is 3.43. The molecule has 0 saturated heterocycles. The molecule has 5 nitrogen and oxygen atoms in total. The number of methoxy groups -OCH3 is 1. The van der Waals surface area contributed by atoms with Gasteiger partial charge in [0, 0.05) is 11.0 Å². The smallest absolute Gasteiger partial charge is 0.273 e. The number of carbonyl (C=O) groups is 2. The van der Waals surface area contributed by atoms with Crippen LogP contribution in [0.1, 0.15) is 15.2 Å². The molecular weight excluding hydrogens is 288 g/mol. The van der Waals surface area contributed by atoms with E-state index in [1.54, 1.807) is 30.3 Å². The van der Waals surface area contributed by atoms with Gasteiger partial charge in [-0.2, -0.15) is 0 Å². The van der Waals surface area contributed by atoms with Gasteiger partial charge in [-0.15, -0.1) is 11.3 Å². The van der Waals surface area contributed by atoms with Gasteiger partial charge in [0.2, 0.25) is 0 Å². The number of rotatable bonds is 4. The normalized spacial score (nSPS) is 10.3. The standard InChI is InChI=1S/C15H14N2O3S/c1-20-13-7-3-2-6-12(13)15(19)17-16-14(18)9-8-11-5-4-10-21-11/h2-10H,1H3,(H,16,18)(H,17,19). The summed E-state index contributed by atoms with van der Waals surface area (Å²) in [4.78, 5) is 24.5. The van der Waals surface area contributed by atoms with Gasteiger partial charge in [-0.1, -0.05) is 18.2 Å². The minimum Gasteiger partial charge on any atom is -0.496 e. The molecule has 6 heteroatoms. The number of benzene rings is 1. The fourth-order valence-corrected chi connectivity index (χ4v) is 2.22. The van der Waals surface area contributed by atoms with Gasteiger partial charge in [-0.3, -0.25) is 20.4 Å². The summed E-state index contributed by atoms with van der Waals surface area (Å²) in [5.74, 6) is -0.407. The first-order valence-electron chi connectivity index (χ1n) is 6.15. The molecule has 0 spiro atoms. The van der Waals surface area contributed by atoms with Crippen LogP contribution in [-0.4, -0.2) is 18.9 Å². The molecular formula is C15H14N2O3S. The Balaban J connectivity index is 1.90. The van der Waals surface area contributed by atoms with E-state index in [2.05, 4.69) is 10.9 Å². The molecule has 2 N–H and O–H groups in total. The molecule has 21 heavy (non-hydrogen) atoms. The van der Waals surface area contributed by atoms with Gasteiger partial charge < -0.3 is 4.74 Å². The summed E-state index contributed by atoms with van der Waals surface area (Å²) in [6.07, 6.45) is 3.03. The second-order valence-corrected chi connectivity index (χ2v) is 4.97. The SMILES string of the molecule is COc1ccccc1C(=O)NNC(=O)C=Cc1cccs1. The van der Waals surface area contributed by atoms with Crippen molar-refractivity contribution in [2.24, 2.45) is 0 Å². The van der Waals surface area contributed by atoms with Crippen LogP contribution in [-0.2, 0) is 4.79 Å². The second kappa shape index (κ2) is 7.25. The van der Waals surface area contributed by atoms with E-state index in [1.807, 2.05) is 17.5 Å². The molecule has 0 fully saturated rings. The highest BCUT2D eigenvalue weighted by Gasteiger charge is 2.11. The predicted molar refractivity (Wildman–Crippen MR) is 82.0 cm³/mol. The van der Waals surface area contributed by atoms with Crippen molar-refractivity contribution >= 4 is 29.2 Å². The predicted octanol–water partition coefficient (Wildman–Crippen LogP) is 2.23. The Hall–Kier alpha value is -2.60. The van der Waals surface area contributed by atoms with Crippen molar-refractivity contribution < 1.29 is 14.3 Å². The van der Waals surface area contributed by atoms with E-state index >= 15 is 0 Å². The largest absolute Gasteiger partial charge is 0.496 e. The number of carbonyl (C=O) groups excluding carboxylic acids is 2. The number of hydrogen-bond donors (Lipinski definition) is 2. The number of thiophene rings is 1. The summed E-state index contributed by atoms with van der Waals surface area (Å²) in [5.41, 5.74) is 5.01. The number of hydrogen-bond acceptors (Lipinski definition) is 4. The van der Waals surface area contributed by atoms with Crippen molar-refractivity contribution in [3.8, 4) is 5.75 Å². The van der Waals surface area contributed by atoms with Gasteiger partial charge in [-0.25, -0.2) is 0 Å². The lowest BCUT2D eigenvalue weighted by Crippen LogP contribution is -2.40. The molecule has 1 aromatic heterocycles. The highest BCUT2D eigenvalue weighted by atomic mass is 32.1. The molecule has 0 saturated carbocycles. The van der Waals surface area contributed by atoms with Crippen LogP contribution in [0.25, 0.3) is 6.08 Å². The number of ether oxygens (including phenoxy) is 1. The summed E-state index contributed by atoms with van der Waals surface area (Å²) in [5, 5.41) is 1.92. The Bertz CT molecular complexity index is 651. The van der Waals surface area contributed by atoms with Gasteiger partial charge in [0.05, 0.1) is 12.7 Å². The summed E-state index contributed by atoms with van der Waals surface area (Å²) in [6, 6.07) is 10.6. The average Bonchev–Trinajstić information content (AvgIpc) is 3.04. The van der Waals surface area contributed by atoms with Gasteiger partial charge in [0.1, 0.15) is 5.75 Å². The van der Waals surface area contributed by atoms with Crippen molar-refractivity contribution in [2.75, 3.05) is 7.11 Å². The van der Waals surface area contributed by atoms with E-state index in [1.165, 1.54) is 24.5 Å². The van der Waals surface area contributed by atoms with Gasteiger partial charge >= 0.3 is 0 Å². The van der Waals surface area contributed by atoms with Crippen LogP contribution in [0.15, 0.2) is 47.9 Å². The third kappa shape index (κ3) is 4.19. The van der Waals surface area contributed by atoms with Crippen LogP contribution in [0.3, 0.4) is 0 Å². The van der Waals surface area contributed by atoms with E-state index in [-0.39, 0.29) is 0 Å². The van der Waals surface area contributed by atoms with Crippen molar-refractivity contribution in [2.45, 2.75) is 0 Å². The maximum absolute atomic E-state index is 11.9. The Morgan fingerprint density at radius 1 is 1.14 bits per heavy atom. The minimum absolute atomic E-state index is 0.350. The molecule has 0 aliphatic heterocycles. The van der Waals surface area contributed by atoms with Crippen LogP contribution in [0.4, 0.5) is 0 Å². The molecule has 1 aromatic carbocycles. The molecule has 2 rings (SSSR count). The van der Waals surface area contributed by atoms with Crippen LogP contribution in [0.5, 0.6) is 5.75 Å². The zero-order valence-electron chi connectivity index (χ0n) is 11.3. The highest BCUT2D eigenvalue weighted by molar-refractivity contribution is 7.10. The lowest BCUT2D eigenvalue weighted by Gasteiger charge is -2.08. The summed E-state index contributed by atoms with van der Waals surface area (Å²) >= 11 is 1.52. The molecule has 0 radical (unpaired) electrons. The van der Waals surface area contributed by atoms with Gasteiger partial charge in [0.25, 0.3) is 11.8 Å². The molecule has 0 bridgehead atoms. The topological polar surface area (TPSA) is 67.4 Å². The number of para-hydroxylation sites is 1. The fraction of sp³-hybridized carbons (Fsp3) is 0.0667. The third-order valence-electron chi connectivity index (χ3n) is 2.59. The summed E-state index contributed by atoms with van der Waals surface area (Å²) in [6.45, 7) is 0. The van der Waals surface area contributed by atoms with E-state index < -0.39 is 11.8 Å². The number of hydrazine groups is 1. The Labute approximate surface area is 126 Å². The van der Waals surface area contributed by atoms with E-state index in [0.717, 1.165) is 4.88 Å². The molecule has 0 unspecified atom stereocenters. The number of amides is 2. The maximum Gasteiger partial charge on any atom is 0.273 e. The monoisotopic (exact) mass is 302 g/mol. The van der Waals surface area contributed by atoms with Crippen LogP contribution >= 0.6 is 11.3 Å². The van der Waals surface area contributed by atoms with Gasteiger partial charge in [0.15, 0.2) is 0 Å².